The number of rotatable bonds is 7. The number of nitrogens with one attached hydrogen (secondary N) is 2. The normalized spacial score (nSPS) is 21.6. The van der Waals surface area contributed by atoms with Gasteiger partial charge in [-0.1, -0.05) is 39.0 Å². The zero-order valence-electron chi connectivity index (χ0n) is 32.5. The zero-order chi connectivity index (χ0) is 38.9. The van der Waals surface area contributed by atoms with Gasteiger partial charge in [0.1, 0.15) is 6.04 Å². The van der Waals surface area contributed by atoms with Crippen molar-refractivity contribution in [2.24, 2.45) is 0 Å². The van der Waals surface area contributed by atoms with Crippen molar-refractivity contribution in [3.05, 3.63) is 98.7 Å². The van der Waals surface area contributed by atoms with Gasteiger partial charge in [0.2, 0.25) is 11.8 Å². The number of imide groups is 1. The summed E-state index contributed by atoms with van der Waals surface area (Å²) in [6.07, 6.45) is 4.62. The molecule has 3 amide bonds. The Bertz CT molecular complexity index is 2340. The Balaban J connectivity index is 0.805. The maximum atomic E-state index is 14.1. The summed E-state index contributed by atoms with van der Waals surface area (Å²) in [6, 6.07) is 18.3. The molecule has 0 bridgehead atoms. The quantitative estimate of drug-likeness (QED) is 0.251. The minimum atomic E-state index is -0.589. The van der Waals surface area contributed by atoms with Crippen LogP contribution in [0.2, 0.25) is 0 Å². The number of aromatic amines is 1. The first-order valence-electron chi connectivity index (χ1n) is 20.3. The molecule has 4 aliphatic heterocycles. The molecule has 5 heterocycles. The summed E-state index contributed by atoms with van der Waals surface area (Å²) in [5, 5.41) is 12.7. The first kappa shape index (κ1) is 36.3. The number of hydrogen-bond acceptors (Lipinski definition) is 8. The SMILES string of the molecule is CCc1cc2c(cc1N1CCC(N3CCN(CCc4ccc5c(c4)CN(C4CCC(=O)NC4=O)C5=O)CC3)CC1)C(C)(C)c1[nH]c3cc(C#N)ccc3c1C2=O. The smallest absolute Gasteiger partial charge is 0.255 e. The lowest BCUT2D eigenvalue weighted by Gasteiger charge is -2.44. The van der Waals surface area contributed by atoms with Crippen molar-refractivity contribution < 1.29 is 19.2 Å². The molecule has 288 valence electrons. The van der Waals surface area contributed by atoms with E-state index in [1.165, 1.54) is 16.8 Å². The van der Waals surface area contributed by atoms with Crippen LogP contribution in [0.15, 0.2) is 48.5 Å². The van der Waals surface area contributed by atoms with E-state index in [2.05, 4.69) is 70.0 Å². The molecule has 3 fully saturated rings. The molecule has 4 aromatic rings. The third-order valence-electron chi connectivity index (χ3n) is 13.3. The second-order valence-electron chi connectivity index (χ2n) is 16.8. The number of ketones is 1. The summed E-state index contributed by atoms with van der Waals surface area (Å²) in [4.78, 5) is 64.2. The topological polar surface area (TPSA) is 133 Å². The molecule has 0 radical (unpaired) electrons. The Hall–Kier alpha value is -5.31. The second-order valence-corrected chi connectivity index (χ2v) is 16.8. The summed E-state index contributed by atoms with van der Waals surface area (Å²) in [5.41, 5.74) is 9.83. The van der Waals surface area contributed by atoms with Gasteiger partial charge in [0, 0.05) is 104 Å². The predicted octanol–water partition coefficient (Wildman–Crippen LogP) is 5.06. The van der Waals surface area contributed by atoms with Gasteiger partial charge in [0.25, 0.3) is 5.91 Å². The Morgan fingerprint density at radius 1 is 0.893 bits per heavy atom. The number of hydrogen-bond donors (Lipinski definition) is 2. The van der Waals surface area contributed by atoms with Crippen molar-refractivity contribution in [1.29, 1.82) is 5.26 Å². The third kappa shape index (κ3) is 6.10. The largest absolute Gasteiger partial charge is 0.371 e. The van der Waals surface area contributed by atoms with E-state index in [0.29, 0.717) is 30.1 Å². The van der Waals surface area contributed by atoms with E-state index in [0.717, 1.165) is 110 Å². The van der Waals surface area contributed by atoms with Crippen molar-refractivity contribution in [2.75, 3.05) is 50.7 Å². The van der Waals surface area contributed by atoms with Crippen LogP contribution in [0.1, 0.15) is 106 Å². The van der Waals surface area contributed by atoms with Crippen molar-refractivity contribution in [3.8, 4) is 6.07 Å². The van der Waals surface area contributed by atoms with Crippen LogP contribution < -0.4 is 10.2 Å². The number of piperidine rings is 2. The van der Waals surface area contributed by atoms with E-state index >= 15 is 0 Å². The van der Waals surface area contributed by atoms with Crippen LogP contribution in [0.5, 0.6) is 0 Å². The average Bonchev–Trinajstić information content (AvgIpc) is 3.76. The molecule has 5 aliphatic rings. The molecule has 1 aliphatic carbocycles. The lowest BCUT2D eigenvalue weighted by Crippen LogP contribution is -2.53. The Morgan fingerprint density at radius 2 is 1.68 bits per heavy atom. The molecule has 11 heteroatoms. The molecule has 3 aromatic carbocycles. The van der Waals surface area contributed by atoms with Gasteiger partial charge in [-0.05, 0) is 84.7 Å². The third-order valence-corrected chi connectivity index (χ3v) is 13.3. The van der Waals surface area contributed by atoms with Crippen LogP contribution in [-0.2, 0) is 34.4 Å². The van der Waals surface area contributed by atoms with Crippen LogP contribution in [0.25, 0.3) is 10.9 Å². The van der Waals surface area contributed by atoms with Crippen LogP contribution >= 0.6 is 0 Å². The van der Waals surface area contributed by atoms with Gasteiger partial charge in [0.05, 0.1) is 17.2 Å². The fourth-order valence-corrected chi connectivity index (χ4v) is 10.1. The molecule has 1 aromatic heterocycles. The van der Waals surface area contributed by atoms with E-state index in [4.69, 9.17) is 0 Å². The van der Waals surface area contributed by atoms with Gasteiger partial charge < -0.3 is 19.7 Å². The number of fused-ring (bicyclic) bond motifs is 5. The van der Waals surface area contributed by atoms with Crippen molar-refractivity contribution in [3.63, 3.8) is 0 Å². The van der Waals surface area contributed by atoms with Crippen LogP contribution in [0.3, 0.4) is 0 Å². The number of H-pyrrole nitrogens is 1. The van der Waals surface area contributed by atoms with Gasteiger partial charge in [-0.2, -0.15) is 5.26 Å². The van der Waals surface area contributed by atoms with Gasteiger partial charge in [-0.25, -0.2) is 0 Å². The van der Waals surface area contributed by atoms with E-state index in [9.17, 15) is 24.4 Å². The standard InChI is InChI=1S/C45H49N7O4/c1-4-29-23-34-35(45(2,3)42-40(41(34)54)33-8-6-28(25-46)22-36(33)47-42)24-38(29)51-15-12-31(13-16-51)50-19-17-49(18-20-50)14-11-27-5-7-32-30(21-27)26-52(44(32)56)37-9-10-39(53)48-43(37)55/h5-8,21-24,31,37,47H,4,9-20,26H2,1-3H3,(H,48,53,55). The van der Waals surface area contributed by atoms with E-state index in [-0.39, 0.29) is 29.9 Å². The number of aryl methyl sites for hydroxylation is 1. The molecule has 1 atom stereocenters. The molecule has 0 spiro atoms. The highest BCUT2D eigenvalue weighted by atomic mass is 16.2. The number of aromatic nitrogens is 1. The molecule has 56 heavy (non-hydrogen) atoms. The van der Waals surface area contributed by atoms with Crippen LogP contribution in [0, 0.1) is 11.3 Å². The molecule has 9 rings (SSSR count). The molecule has 3 saturated heterocycles. The number of nitriles is 1. The first-order valence-corrected chi connectivity index (χ1v) is 20.3. The van der Waals surface area contributed by atoms with E-state index in [1.807, 2.05) is 24.3 Å². The van der Waals surface area contributed by atoms with E-state index in [1.54, 1.807) is 11.0 Å². The maximum absolute atomic E-state index is 14.1. The van der Waals surface area contributed by atoms with E-state index < -0.39 is 11.5 Å². The van der Waals surface area contributed by atoms with Gasteiger partial charge in [-0.15, -0.1) is 0 Å². The Labute approximate surface area is 327 Å². The molecular formula is C45H49N7O4. The number of carbonyl (C=O) groups is 4. The summed E-state index contributed by atoms with van der Waals surface area (Å²) in [7, 11) is 0. The number of benzene rings is 3. The molecule has 2 N–H and O–H groups in total. The summed E-state index contributed by atoms with van der Waals surface area (Å²) >= 11 is 0. The number of amides is 3. The van der Waals surface area contributed by atoms with Crippen molar-refractivity contribution >= 4 is 40.1 Å². The lowest BCUT2D eigenvalue weighted by molar-refractivity contribution is -0.136. The molecular weight excluding hydrogens is 703 g/mol. The second kappa shape index (κ2) is 14.0. The molecule has 11 nitrogen and oxygen atoms in total. The van der Waals surface area contributed by atoms with Gasteiger partial charge in [-0.3, -0.25) is 29.4 Å². The summed E-state index contributed by atoms with van der Waals surface area (Å²) < 4.78 is 0. The Kier molecular flexibility index (Phi) is 9.09. The lowest BCUT2D eigenvalue weighted by atomic mass is 9.70. The highest BCUT2D eigenvalue weighted by Gasteiger charge is 2.42. The number of piperazine rings is 1. The number of carbonyl (C=O) groups excluding carboxylic acids is 4. The highest BCUT2D eigenvalue weighted by Crippen LogP contribution is 2.46. The monoisotopic (exact) mass is 751 g/mol. The fourth-order valence-electron chi connectivity index (χ4n) is 10.1. The number of nitrogens with zero attached hydrogens (tertiary/aromatic N) is 5. The Morgan fingerprint density at radius 3 is 2.41 bits per heavy atom. The van der Waals surface area contributed by atoms with Crippen LogP contribution in [-0.4, -0.2) is 101 Å². The first-order chi connectivity index (χ1) is 27.0. The minimum Gasteiger partial charge on any atom is -0.371 e. The number of anilines is 1. The highest BCUT2D eigenvalue weighted by molar-refractivity contribution is 6.20. The van der Waals surface area contributed by atoms with Crippen molar-refractivity contribution in [1.82, 2.24) is 25.0 Å². The summed E-state index contributed by atoms with van der Waals surface area (Å²) in [5.74, 6) is -0.714. The summed E-state index contributed by atoms with van der Waals surface area (Å²) in [6.45, 7) is 14.1. The molecule has 1 unspecified atom stereocenters. The van der Waals surface area contributed by atoms with Crippen LogP contribution in [0.4, 0.5) is 5.69 Å². The van der Waals surface area contributed by atoms with Gasteiger partial charge >= 0.3 is 0 Å². The fraction of sp³-hybridized carbons (Fsp3) is 0.444. The minimum absolute atomic E-state index is 0.0616. The average molecular weight is 752 g/mol. The maximum Gasteiger partial charge on any atom is 0.255 e. The van der Waals surface area contributed by atoms with Crippen molar-refractivity contribution in [2.45, 2.75) is 83.3 Å². The predicted molar refractivity (Wildman–Crippen MR) is 214 cm³/mol. The molecule has 0 saturated carbocycles. The zero-order valence-corrected chi connectivity index (χ0v) is 32.5. The van der Waals surface area contributed by atoms with Gasteiger partial charge in [0.15, 0.2) is 5.78 Å².